The summed E-state index contributed by atoms with van der Waals surface area (Å²) in [6.07, 6.45) is 3.87. The third-order valence-corrected chi connectivity index (χ3v) is 3.26. The first kappa shape index (κ1) is 14.5. The summed E-state index contributed by atoms with van der Waals surface area (Å²) in [6, 6.07) is 0. The lowest BCUT2D eigenvalue weighted by atomic mass is 10.2. The Balaban J connectivity index is 1.92. The lowest BCUT2D eigenvalue weighted by Crippen LogP contribution is -2.44. The van der Waals surface area contributed by atoms with Gasteiger partial charge in [0.1, 0.15) is 0 Å². The molecule has 1 saturated heterocycles. The minimum atomic E-state index is -0.0490. The average molecular weight is 242 g/mol. The third-order valence-electron chi connectivity index (χ3n) is 3.26. The van der Waals surface area contributed by atoms with Crippen molar-refractivity contribution in [3.8, 4) is 0 Å². The van der Waals surface area contributed by atoms with Gasteiger partial charge in [0.2, 0.25) is 0 Å². The molecule has 0 atom stereocenters. The van der Waals surface area contributed by atoms with Crippen molar-refractivity contribution in [3.63, 3.8) is 0 Å². The number of rotatable bonds is 7. The number of carbonyl (C=O) groups is 1. The summed E-state index contributed by atoms with van der Waals surface area (Å²) < 4.78 is 4.90. The molecule has 4 heteroatoms. The van der Waals surface area contributed by atoms with Gasteiger partial charge in [-0.25, -0.2) is 0 Å². The number of hydrogen-bond acceptors (Lipinski definition) is 4. The Morgan fingerprint density at radius 2 is 1.82 bits per heavy atom. The van der Waals surface area contributed by atoms with E-state index in [1.165, 1.54) is 39.1 Å². The molecule has 0 N–H and O–H groups in total. The Kier molecular flexibility index (Phi) is 7.21. The van der Waals surface area contributed by atoms with Gasteiger partial charge in [-0.2, -0.15) is 0 Å². The van der Waals surface area contributed by atoms with Crippen molar-refractivity contribution in [2.24, 2.45) is 0 Å². The van der Waals surface area contributed by atoms with E-state index in [2.05, 4.69) is 16.8 Å². The van der Waals surface area contributed by atoms with Gasteiger partial charge in [0.15, 0.2) is 0 Å². The van der Waals surface area contributed by atoms with Crippen LogP contribution < -0.4 is 0 Å². The van der Waals surface area contributed by atoms with E-state index in [1.807, 2.05) is 6.92 Å². The summed E-state index contributed by atoms with van der Waals surface area (Å²) in [6.45, 7) is 8.27. The van der Waals surface area contributed by atoms with Gasteiger partial charge in [0, 0.05) is 32.6 Å². The van der Waals surface area contributed by atoms with Crippen molar-refractivity contribution in [1.82, 2.24) is 9.80 Å². The zero-order valence-electron chi connectivity index (χ0n) is 11.3. The second-order valence-corrected chi connectivity index (χ2v) is 4.76. The molecule has 17 heavy (non-hydrogen) atoms. The molecule has 1 rings (SSSR count). The fraction of sp³-hybridized carbons (Fsp3) is 0.923. The highest BCUT2D eigenvalue weighted by Gasteiger charge is 2.12. The van der Waals surface area contributed by atoms with Crippen LogP contribution in [0.5, 0.6) is 0 Å². The summed E-state index contributed by atoms with van der Waals surface area (Å²) in [5, 5.41) is 0. The molecule has 0 aromatic rings. The SMILES string of the molecule is CCOC(=O)CCCCCN1CCN(C)CC1. The number of piperazine rings is 1. The predicted octanol–water partition coefficient (Wildman–Crippen LogP) is 1.36. The van der Waals surface area contributed by atoms with Crippen molar-refractivity contribution in [2.75, 3.05) is 46.4 Å². The molecule has 1 heterocycles. The van der Waals surface area contributed by atoms with E-state index < -0.39 is 0 Å². The van der Waals surface area contributed by atoms with Crippen LogP contribution in [0.1, 0.15) is 32.6 Å². The van der Waals surface area contributed by atoms with E-state index in [-0.39, 0.29) is 5.97 Å². The number of ether oxygens (including phenoxy) is 1. The van der Waals surface area contributed by atoms with Gasteiger partial charge in [-0.1, -0.05) is 6.42 Å². The maximum absolute atomic E-state index is 11.1. The molecule has 0 amide bonds. The van der Waals surface area contributed by atoms with Crippen LogP contribution in [0, 0.1) is 0 Å². The molecule has 0 bridgehead atoms. The standard InChI is InChI=1S/C13H26N2O2/c1-3-17-13(16)7-5-4-6-8-15-11-9-14(2)10-12-15/h3-12H2,1-2H3. The first-order valence-electron chi connectivity index (χ1n) is 6.79. The molecule has 0 aromatic heterocycles. The highest BCUT2D eigenvalue weighted by Crippen LogP contribution is 2.05. The second-order valence-electron chi connectivity index (χ2n) is 4.76. The van der Waals surface area contributed by atoms with Gasteiger partial charge in [0.05, 0.1) is 6.61 Å². The lowest BCUT2D eigenvalue weighted by Gasteiger charge is -2.32. The molecule has 0 aromatic carbocycles. The van der Waals surface area contributed by atoms with Crippen molar-refractivity contribution in [2.45, 2.75) is 32.6 Å². The summed E-state index contributed by atoms with van der Waals surface area (Å²) >= 11 is 0. The smallest absolute Gasteiger partial charge is 0.305 e. The fourth-order valence-electron chi connectivity index (χ4n) is 2.09. The molecule has 1 fully saturated rings. The van der Waals surface area contributed by atoms with Gasteiger partial charge >= 0.3 is 5.97 Å². The Morgan fingerprint density at radius 1 is 1.12 bits per heavy atom. The van der Waals surface area contributed by atoms with Crippen molar-refractivity contribution < 1.29 is 9.53 Å². The van der Waals surface area contributed by atoms with Gasteiger partial charge < -0.3 is 14.5 Å². The molecular formula is C13H26N2O2. The van der Waals surface area contributed by atoms with Crippen LogP contribution in [0.15, 0.2) is 0 Å². The highest BCUT2D eigenvalue weighted by molar-refractivity contribution is 5.69. The van der Waals surface area contributed by atoms with Crippen LogP contribution in [0.3, 0.4) is 0 Å². The van der Waals surface area contributed by atoms with Crippen molar-refractivity contribution in [3.05, 3.63) is 0 Å². The van der Waals surface area contributed by atoms with Crippen LogP contribution in [0.4, 0.5) is 0 Å². The third kappa shape index (κ3) is 6.64. The molecule has 0 unspecified atom stereocenters. The van der Waals surface area contributed by atoms with E-state index in [4.69, 9.17) is 4.74 Å². The van der Waals surface area contributed by atoms with Crippen LogP contribution in [0.2, 0.25) is 0 Å². The van der Waals surface area contributed by atoms with Gasteiger partial charge in [-0.3, -0.25) is 4.79 Å². The van der Waals surface area contributed by atoms with E-state index in [9.17, 15) is 4.79 Å². The van der Waals surface area contributed by atoms with Gasteiger partial charge in [0.25, 0.3) is 0 Å². The summed E-state index contributed by atoms with van der Waals surface area (Å²) in [4.78, 5) is 16.0. The van der Waals surface area contributed by atoms with E-state index in [0.717, 1.165) is 12.8 Å². The number of nitrogens with zero attached hydrogens (tertiary/aromatic N) is 2. The first-order valence-corrected chi connectivity index (χ1v) is 6.79. The van der Waals surface area contributed by atoms with E-state index >= 15 is 0 Å². The monoisotopic (exact) mass is 242 g/mol. The molecule has 0 aliphatic carbocycles. The van der Waals surface area contributed by atoms with Crippen LogP contribution >= 0.6 is 0 Å². The molecule has 100 valence electrons. The molecule has 0 saturated carbocycles. The Bertz CT molecular complexity index is 213. The quantitative estimate of drug-likeness (QED) is 0.498. The predicted molar refractivity (Wildman–Crippen MR) is 69.0 cm³/mol. The topological polar surface area (TPSA) is 32.8 Å². The maximum Gasteiger partial charge on any atom is 0.305 e. The Labute approximate surface area is 105 Å². The largest absolute Gasteiger partial charge is 0.466 e. The molecule has 4 nitrogen and oxygen atoms in total. The molecular weight excluding hydrogens is 216 g/mol. The second kappa shape index (κ2) is 8.48. The molecule has 0 spiro atoms. The van der Waals surface area contributed by atoms with Crippen LogP contribution in [0.25, 0.3) is 0 Å². The summed E-state index contributed by atoms with van der Waals surface area (Å²) in [5.74, 6) is -0.0490. The Morgan fingerprint density at radius 3 is 2.47 bits per heavy atom. The molecule has 1 aliphatic rings. The zero-order valence-corrected chi connectivity index (χ0v) is 11.3. The lowest BCUT2D eigenvalue weighted by molar-refractivity contribution is -0.143. The molecule has 1 aliphatic heterocycles. The van der Waals surface area contributed by atoms with E-state index in [1.54, 1.807) is 0 Å². The van der Waals surface area contributed by atoms with Crippen LogP contribution in [-0.4, -0.2) is 62.1 Å². The molecule has 0 radical (unpaired) electrons. The fourth-order valence-corrected chi connectivity index (χ4v) is 2.09. The minimum absolute atomic E-state index is 0.0490. The number of likely N-dealkylation sites (N-methyl/N-ethyl adjacent to an activating group) is 1. The number of carbonyl (C=O) groups excluding carboxylic acids is 1. The maximum atomic E-state index is 11.1. The van der Waals surface area contributed by atoms with Crippen LogP contribution in [-0.2, 0) is 9.53 Å². The summed E-state index contributed by atoms with van der Waals surface area (Å²) in [7, 11) is 2.18. The summed E-state index contributed by atoms with van der Waals surface area (Å²) in [5.41, 5.74) is 0. The van der Waals surface area contributed by atoms with Gasteiger partial charge in [-0.15, -0.1) is 0 Å². The number of unbranched alkanes of at least 4 members (excludes halogenated alkanes) is 2. The average Bonchev–Trinajstić information content (AvgIpc) is 2.31. The number of hydrogen-bond donors (Lipinski definition) is 0. The van der Waals surface area contributed by atoms with Crippen molar-refractivity contribution in [1.29, 1.82) is 0 Å². The minimum Gasteiger partial charge on any atom is -0.466 e. The number of esters is 1. The van der Waals surface area contributed by atoms with Gasteiger partial charge in [-0.05, 0) is 33.4 Å². The zero-order chi connectivity index (χ0) is 12.5. The van der Waals surface area contributed by atoms with Crippen molar-refractivity contribution >= 4 is 5.97 Å². The first-order chi connectivity index (χ1) is 8.22. The van der Waals surface area contributed by atoms with E-state index in [0.29, 0.717) is 13.0 Å². The normalized spacial score (nSPS) is 18.2. The Hall–Kier alpha value is -0.610. The highest BCUT2D eigenvalue weighted by atomic mass is 16.5.